The van der Waals surface area contributed by atoms with Crippen molar-refractivity contribution in [2.24, 2.45) is 0 Å². The van der Waals surface area contributed by atoms with E-state index in [4.69, 9.17) is 0 Å². The van der Waals surface area contributed by atoms with Gasteiger partial charge in [-0.1, -0.05) is 15.9 Å². The van der Waals surface area contributed by atoms with E-state index in [-0.39, 0.29) is 0 Å². The predicted molar refractivity (Wildman–Crippen MR) is 67.1 cm³/mol. The lowest BCUT2D eigenvalue weighted by Crippen LogP contribution is -2.44. The van der Waals surface area contributed by atoms with Crippen molar-refractivity contribution in [2.75, 3.05) is 32.7 Å². The molecule has 0 atom stereocenters. The minimum Gasteiger partial charge on any atom is -0.314 e. The average Bonchev–Trinajstić information content (AvgIpc) is 2.33. The Hall–Kier alpha value is -0.520. The van der Waals surface area contributed by atoms with Crippen LogP contribution in [0.3, 0.4) is 0 Å². The summed E-state index contributed by atoms with van der Waals surface area (Å²) >= 11 is 3.27. The molecule has 94 valence electrons. The smallest absolute Gasteiger partial charge is 0.159 e. The van der Waals surface area contributed by atoms with Crippen LogP contribution in [-0.2, 0) is 6.42 Å². The molecule has 2 rings (SSSR count). The van der Waals surface area contributed by atoms with Gasteiger partial charge in [0.25, 0.3) is 0 Å². The number of nitrogens with zero attached hydrogens (tertiary/aromatic N) is 1. The van der Waals surface area contributed by atoms with E-state index in [2.05, 4.69) is 26.1 Å². The average molecular weight is 305 g/mol. The van der Waals surface area contributed by atoms with Crippen LogP contribution in [-0.4, -0.2) is 37.6 Å². The lowest BCUT2D eigenvalue weighted by atomic mass is 10.1. The van der Waals surface area contributed by atoms with Gasteiger partial charge in [-0.05, 0) is 24.1 Å². The quantitative estimate of drug-likeness (QED) is 0.861. The predicted octanol–water partition coefficient (Wildman–Crippen LogP) is 2.17. The number of rotatable bonds is 3. The van der Waals surface area contributed by atoms with E-state index in [1.54, 1.807) is 0 Å². The first-order valence-corrected chi connectivity index (χ1v) is 6.52. The van der Waals surface area contributed by atoms with E-state index < -0.39 is 11.6 Å². The maximum absolute atomic E-state index is 13.1. The molecule has 1 saturated heterocycles. The zero-order valence-corrected chi connectivity index (χ0v) is 11.1. The van der Waals surface area contributed by atoms with Crippen LogP contribution >= 0.6 is 15.9 Å². The number of benzene rings is 1. The van der Waals surface area contributed by atoms with Gasteiger partial charge < -0.3 is 10.2 Å². The van der Waals surface area contributed by atoms with Gasteiger partial charge in [-0.25, -0.2) is 8.78 Å². The summed E-state index contributed by atoms with van der Waals surface area (Å²) in [5.74, 6) is -1.58. The van der Waals surface area contributed by atoms with E-state index in [0.29, 0.717) is 4.47 Å². The number of piperazine rings is 1. The first kappa shape index (κ1) is 12.9. The second kappa shape index (κ2) is 5.89. The largest absolute Gasteiger partial charge is 0.314 e. The summed E-state index contributed by atoms with van der Waals surface area (Å²) in [5.41, 5.74) is 0.822. The fourth-order valence-corrected chi connectivity index (χ4v) is 2.48. The highest BCUT2D eigenvalue weighted by Gasteiger charge is 2.12. The molecule has 1 aromatic carbocycles. The summed E-state index contributed by atoms with van der Waals surface area (Å²) < 4.78 is 26.7. The van der Waals surface area contributed by atoms with Crippen molar-refractivity contribution in [1.82, 2.24) is 10.2 Å². The van der Waals surface area contributed by atoms with Crippen molar-refractivity contribution in [3.8, 4) is 0 Å². The molecule has 0 saturated carbocycles. The normalized spacial score (nSPS) is 17.4. The first-order chi connectivity index (χ1) is 8.16. The summed E-state index contributed by atoms with van der Waals surface area (Å²) in [6.45, 7) is 4.91. The summed E-state index contributed by atoms with van der Waals surface area (Å²) in [6, 6.07) is 2.48. The standard InChI is InChI=1S/C12H15BrF2N2/c13-10-8-12(15)11(14)7-9(10)1-4-17-5-2-16-3-6-17/h7-8,16H,1-6H2. The Morgan fingerprint density at radius 1 is 1.18 bits per heavy atom. The summed E-state index contributed by atoms with van der Waals surface area (Å²) in [6.07, 6.45) is 0.734. The minimum absolute atomic E-state index is 0.645. The van der Waals surface area contributed by atoms with Gasteiger partial charge in [0.15, 0.2) is 11.6 Å². The van der Waals surface area contributed by atoms with Crippen LogP contribution in [0, 0.1) is 11.6 Å². The molecule has 0 aliphatic carbocycles. The van der Waals surface area contributed by atoms with Gasteiger partial charge in [0.1, 0.15) is 0 Å². The van der Waals surface area contributed by atoms with Gasteiger partial charge in [-0.3, -0.25) is 0 Å². The lowest BCUT2D eigenvalue weighted by Gasteiger charge is -2.27. The summed E-state index contributed by atoms with van der Waals surface area (Å²) in [5, 5.41) is 3.28. The topological polar surface area (TPSA) is 15.3 Å². The molecule has 0 radical (unpaired) electrons. The molecule has 0 amide bonds. The molecule has 5 heteroatoms. The zero-order valence-electron chi connectivity index (χ0n) is 9.48. The third kappa shape index (κ3) is 3.47. The van der Waals surface area contributed by atoms with E-state index in [9.17, 15) is 8.78 Å². The van der Waals surface area contributed by atoms with E-state index in [1.165, 1.54) is 12.1 Å². The highest BCUT2D eigenvalue weighted by molar-refractivity contribution is 9.10. The van der Waals surface area contributed by atoms with Crippen molar-refractivity contribution in [1.29, 1.82) is 0 Å². The monoisotopic (exact) mass is 304 g/mol. The summed E-state index contributed by atoms with van der Waals surface area (Å²) in [7, 11) is 0. The van der Waals surface area contributed by atoms with Crippen LogP contribution in [0.1, 0.15) is 5.56 Å². The van der Waals surface area contributed by atoms with Crippen LogP contribution in [0.15, 0.2) is 16.6 Å². The molecule has 1 aliphatic heterocycles. The van der Waals surface area contributed by atoms with Crippen LogP contribution < -0.4 is 5.32 Å². The van der Waals surface area contributed by atoms with E-state index in [0.717, 1.165) is 44.7 Å². The molecule has 0 spiro atoms. The highest BCUT2D eigenvalue weighted by Crippen LogP contribution is 2.21. The van der Waals surface area contributed by atoms with Crippen molar-refractivity contribution in [3.05, 3.63) is 33.8 Å². The molecule has 1 aliphatic rings. The molecule has 0 bridgehead atoms. The number of hydrogen-bond acceptors (Lipinski definition) is 2. The third-order valence-corrected chi connectivity index (χ3v) is 3.73. The van der Waals surface area contributed by atoms with Crippen molar-refractivity contribution >= 4 is 15.9 Å². The van der Waals surface area contributed by atoms with Crippen molar-refractivity contribution in [3.63, 3.8) is 0 Å². The Morgan fingerprint density at radius 3 is 2.53 bits per heavy atom. The minimum atomic E-state index is -0.803. The number of nitrogens with one attached hydrogen (secondary N) is 1. The molecule has 17 heavy (non-hydrogen) atoms. The fraction of sp³-hybridized carbons (Fsp3) is 0.500. The maximum atomic E-state index is 13.1. The second-order valence-electron chi connectivity index (χ2n) is 4.20. The number of halogens is 3. The van der Waals surface area contributed by atoms with E-state index in [1.807, 2.05) is 0 Å². The van der Waals surface area contributed by atoms with Gasteiger partial charge in [-0.2, -0.15) is 0 Å². The highest BCUT2D eigenvalue weighted by atomic mass is 79.9. The van der Waals surface area contributed by atoms with Crippen molar-refractivity contribution < 1.29 is 8.78 Å². The van der Waals surface area contributed by atoms with Crippen LogP contribution in [0.2, 0.25) is 0 Å². The fourth-order valence-electron chi connectivity index (χ4n) is 1.97. The molecule has 1 aromatic rings. The van der Waals surface area contributed by atoms with E-state index >= 15 is 0 Å². The van der Waals surface area contributed by atoms with Gasteiger partial charge in [0.05, 0.1) is 0 Å². The molecule has 0 aromatic heterocycles. The summed E-state index contributed by atoms with van der Waals surface area (Å²) in [4.78, 5) is 2.32. The maximum Gasteiger partial charge on any atom is 0.159 e. The molecule has 1 N–H and O–H groups in total. The van der Waals surface area contributed by atoms with Gasteiger partial charge >= 0.3 is 0 Å². The molecule has 0 unspecified atom stereocenters. The van der Waals surface area contributed by atoms with Crippen LogP contribution in [0.4, 0.5) is 8.78 Å². The Bertz CT molecular complexity index is 392. The molecule has 2 nitrogen and oxygen atoms in total. The lowest BCUT2D eigenvalue weighted by molar-refractivity contribution is 0.243. The molecule has 1 heterocycles. The molecular weight excluding hydrogens is 290 g/mol. The van der Waals surface area contributed by atoms with Crippen LogP contribution in [0.25, 0.3) is 0 Å². The molecular formula is C12H15BrF2N2. The number of hydrogen-bond donors (Lipinski definition) is 1. The first-order valence-electron chi connectivity index (χ1n) is 5.73. The van der Waals surface area contributed by atoms with Crippen LogP contribution in [0.5, 0.6) is 0 Å². The van der Waals surface area contributed by atoms with Crippen molar-refractivity contribution in [2.45, 2.75) is 6.42 Å². The molecule has 1 fully saturated rings. The van der Waals surface area contributed by atoms with Gasteiger partial charge in [0, 0.05) is 37.2 Å². The SMILES string of the molecule is Fc1cc(Br)c(CCN2CCNCC2)cc1F. The zero-order chi connectivity index (χ0) is 12.3. The third-order valence-electron chi connectivity index (χ3n) is 3.00. The second-order valence-corrected chi connectivity index (χ2v) is 5.05. The Kier molecular flexibility index (Phi) is 4.48. The van der Waals surface area contributed by atoms with Gasteiger partial charge in [0.2, 0.25) is 0 Å². The Balaban J connectivity index is 1.96. The van der Waals surface area contributed by atoms with Gasteiger partial charge in [-0.15, -0.1) is 0 Å². The Morgan fingerprint density at radius 2 is 1.82 bits per heavy atom. The Labute approximate surface area is 108 Å².